The number of piperidine rings is 1. The summed E-state index contributed by atoms with van der Waals surface area (Å²) in [6, 6.07) is 12.2. The first kappa shape index (κ1) is 26.6. The summed E-state index contributed by atoms with van der Waals surface area (Å²) < 4.78 is 43.6. The van der Waals surface area contributed by atoms with E-state index in [1.165, 1.54) is 24.6 Å². The fourth-order valence-corrected chi connectivity index (χ4v) is 5.83. The van der Waals surface area contributed by atoms with E-state index in [4.69, 9.17) is 14.0 Å². The molecule has 37 heavy (non-hydrogen) atoms. The molecule has 3 aromatic rings. The molecule has 1 fully saturated rings. The fourth-order valence-electron chi connectivity index (χ4n) is 4.19. The van der Waals surface area contributed by atoms with Crippen LogP contribution >= 0.6 is 0 Å². The van der Waals surface area contributed by atoms with Gasteiger partial charge in [-0.05, 0) is 42.7 Å². The average Bonchev–Trinajstić information content (AvgIpc) is 3.38. The molecule has 11 heteroatoms. The molecule has 198 valence electrons. The molecule has 1 aromatic heterocycles. The third-order valence-corrected chi connectivity index (χ3v) is 8.29. The van der Waals surface area contributed by atoms with E-state index >= 15 is 0 Å². The Balaban J connectivity index is 1.33. The molecular formula is C26H32N4O6S. The Hall–Kier alpha value is -3.44. The number of amides is 1. The maximum absolute atomic E-state index is 13.3. The number of carbonyl (C=O) groups is 1. The van der Waals surface area contributed by atoms with E-state index in [1.807, 2.05) is 38.1 Å². The van der Waals surface area contributed by atoms with Gasteiger partial charge in [0, 0.05) is 43.1 Å². The minimum Gasteiger partial charge on any atom is -0.497 e. The van der Waals surface area contributed by atoms with Crippen LogP contribution in [0.1, 0.15) is 49.9 Å². The molecule has 0 spiro atoms. The Morgan fingerprint density at radius 3 is 2.41 bits per heavy atom. The molecule has 2 heterocycles. The molecule has 0 aliphatic carbocycles. The van der Waals surface area contributed by atoms with E-state index in [0.717, 1.165) is 5.56 Å². The zero-order valence-corrected chi connectivity index (χ0v) is 22.2. The van der Waals surface area contributed by atoms with Crippen LogP contribution < -0.4 is 14.8 Å². The highest BCUT2D eigenvalue weighted by Gasteiger charge is 2.34. The van der Waals surface area contributed by atoms with Crippen LogP contribution in [0.4, 0.5) is 5.69 Å². The zero-order chi connectivity index (χ0) is 26.6. The Labute approximate surface area is 217 Å². The Morgan fingerprint density at radius 2 is 1.81 bits per heavy atom. The van der Waals surface area contributed by atoms with Crippen molar-refractivity contribution in [3.05, 3.63) is 59.7 Å². The van der Waals surface area contributed by atoms with Gasteiger partial charge in [-0.25, -0.2) is 8.42 Å². The SMILES string of the molecule is COc1ccc(OC)c(S(=O)(=O)N2CCC(C(=O)Nc3ccc(Cc4noc(C(C)C)n4)cc3)CC2)c1. The van der Waals surface area contributed by atoms with E-state index < -0.39 is 10.0 Å². The number of nitrogens with one attached hydrogen (secondary N) is 1. The van der Waals surface area contributed by atoms with Gasteiger partial charge in [-0.2, -0.15) is 9.29 Å². The average molecular weight is 529 g/mol. The monoisotopic (exact) mass is 528 g/mol. The van der Waals surface area contributed by atoms with Crippen molar-refractivity contribution >= 4 is 21.6 Å². The van der Waals surface area contributed by atoms with Crippen LogP contribution in [0.2, 0.25) is 0 Å². The van der Waals surface area contributed by atoms with Crippen molar-refractivity contribution < 1.29 is 27.2 Å². The number of nitrogens with zero attached hydrogens (tertiary/aromatic N) is 3. The molecule has 2 aromatic carbocycles. The number of anilines is 1. The lowest BCUT2D eigenvalue weighted by molar-refractivity contribution is -0.120. The lowest BCUT2D eigenvalue weighted by Crippen LogP contribution is -2.41. The minimum absolute atomic E-state index is 0.0543. The van der Waals surface area contributed by atoms with Crippen LogP contribution in [0, 0.1) is 5.92 Å². The van der Waals surface area contributed by atoms with Crippen molar-refractivity contribution in [1.29, 1.82) is 0 Å². The van der Waals surface area contributed by atoms with Gasteiger partial charge in [-0.15, -0.1) is 0 Å². The highest BCUT2D eigenvalue weighted by Crippen LogP contribution is 2.33. The van der Waals surface area contributed by atoms with Gasteiger partial charge in [0.1, 0.15) is 16.4 Å². The standard InChI is InChI=1S/C26H32N4O6S/c1-17(2)26-28-24(29-36-26)15-18-5-7-20(8-6-18)27-25(31)19-11-13-30(14-12-19)37(32,33)23-16-21(34-3)9-10-22(23)35-4/h5-10,16-17,19H,11-15H2,1-4H3,(H,27,31). The second kappa shape index (κ2) is 11.3. The van der Waals surface area contributed by atoms with Crippen LogP contribution in [0.25, 0.3) is 0 Å². The summed E-state index contributed by atoms with van der Waals surface area (Å²) in [6.45, 7) is 4.47. The number of methoxy groups -OCH3 is 2. The zero-order valence-electron chi connectivity index (χ0n) is 21.4. The summed E-state index contributed by atoms with van der Waals surface area (Å²) in [5.74, 6) is 1.68. The summed E-state index contributed by atoms with van der Waals surface area (Å²) in [4.78, 5) is 17.3. The van der Waals surface area contributed by atoms with Crippen molar-refractivity contribution in [2.24, 2.45) is 5.92 Å². The van der Waals surface area contributed by atoms with Gasteiger partial charge in [0.05, 0.1) is 14.2 Å². The topological polar surface area (TPSA) is 124 Å². The molecule has 1 amide bonds. The predicted molar refractivity (Wildman–Crippen MR) is 137 cm³/mol. The molecule has 1 saturated heterocycles. The summed E-state index contributed by atoms with van der Waals surface area (Å²) >= 11 is 0. The van der Waals surface area contributed by atoms with Crippen molar-refractivity contribution in [2.75, 3.05) is 32.6 Å². The number of sulfonamides is 1. The van der Waals surface area contributed by atoms with E-state index in [1.54, 1.807) is 12.1 Å². The van der Waals surface area contributed by atoms with E-state index in [-0.39, 0.29) is 41.5 Å². The number of ether oxygens (including phenoxy) is 2. The van der Waals surface area contributed by atoms with Crippen LogP contribution in [0.3, 0.4) is 0 Å². The lowest BCUT2D eigenvalue weighted by atomic mass is 9.97. The first-order valence-electron chi connectivity index (χ1n) is 12.2. The second-order valence-corrected chi connectivity index (χ2v) is 11.2. The summed E-state index contributed by atoms with van der Waals surface area (Å²) in [6.07, 6.45) is 1.38. The van der Waals surface area contributed by atoms with Gasteiger partial charge >= 0.3 is 0 Å². The first-order chi connectivity index (χ1) is 17.7. The quantitative estimate of drug-likeness (QED) is 0.444. The molecule has 10 nitrogen and oxygen atoms in total. The minimum atomic E-state index is -3.80. The number of benzene rings is 2. The Bertz CT molecular complexity index is 1330. The summed E-state index contributed by atoms with van der Waals surface area (Å²) in [5.41, 5.74) is 1.68. The first-order valence-corrected chi connectivity index (χ1v) is 13.6. The number of carbonyl (C=O) groups excluding carboxylic acids is 1. The fraction of sp³-hybridized carbons (Fsp3) is 0.423. The summed E-state index contributed by atoms with van der Waals surface area (Å²) in [5, 5.41) is 6.96. The molecule has 1 aliphatic heterocycles. The molecular weight excluding hydrogens is 496 g/mol. The Morgan fingerprint density at radius 1 is 1.11 bits per heavy atom. The normalized spacial score (nSPS) is 15.1. The van der Waals surface area contributed by atoms with E-state index in [0.29, 0.717) is 42.4 Å². The van der Waals surface area contributed by atoms with Gasteiger partial charge < -0.3 is 19.3 Å². The highest BCUT2D eigenvalue weighted by atomic mass is 32.2. The van der Waals surface area contributed by atoms with Crippen LogP contribution in [-0.4, -0.2) is 56.1 Å². The van der Waals surface area contributed by atoms with E-state index in [9.17, 15) is 13.2 Å². The van der Waals surface area contributed by atoms with Crippen molar-refractivity contribution in [3.8, 4) is 11.5 Å². The van der Waals surface area contributed by atoms with Gasteiger partial charge in [-0.3, -0.25) is 4.79 Å². The van der Waals surface area contributed by atoms with Gasteiger partial charge in [0.2, 0.25) is 21.8 Å². The predicted octanol–water partition coefficient (Wildman–Crippen LogP) is 3.84. The van der Waals surface area contributed by atoms with Gasteiger partial charge in [0.15, 0.2) is 5.82 Å². The highest BCUT2D eigenvalue weighted by molar-refractivity contribution is 7.89. The maximum Gasteiger partial charge on any atom is 0.246 e. The van der Waals surface area contributed by atoms with Gasteiger partial charge in [-0.1, -0.05) is 31.1 Å². The largest absolute Gasteiger partial charge is 0.497 e. The molecule has 0 unspecified atom stereocenters. The molecule has 0 saturated carbocycles. The van der Waals surface area contributed by atoms with Gasteiger partial charge in [0.25, 0.3) is 0 Å². The molecule has 0 atom stereocenters. The number of hydrogen-bond donors (Lipinski definition) is 1. The Kier molecular flexibility index (Phi) is 8.13. The smallest absolute Gasteiger partial charge is 0.246 e. The number of rotatable bonds is 9. The summed E-state index contributed by atoms with van der Waals surface area (Å²) in [7, 11) is -0.893. The maximum atomic E-state index is 13.3. The van der Waals surface area contributed by atoms with Crippen molar-refractivity contribution in [3.63, 3.8) is 0 Å². The molecule has 0 bridgehead atoms. The molecule has 0 radical (unpaired) electrons. The lowest BCUT2D eigenvalue weighted by Gasteiger charge is -2.31. The third-order valence-electron chi connectivity index (χ3n) is 6.37. The molecule has 1 N–H and O–H groups in total. The van der Waals surface area contributed by atoms with E-state index in [2.05, 4.69) is 15.5 Å². The molecule has 1 aliphatic rings. The van der Waals surface area contributed by atoms with Crippen LogP contribution in [-0.2, 0) is 21.2 Å². The van der Waals surface area contributed by atoms with Crippen molar-refractivity contribution in [1.82, 2.24) is 14.4 Å². The van der Waals surface area contributed by atoms with Crippen LogP contribution in [0.15, 0.2) is 51.9 Å². The van der Waals surface area contributed by atoms with Crippen LogP contribution in [0.5, 0.6) is 11.5 Å². The number of aromatic nitrogens is 2. The van der Waals surface area contributed by atoms with Crippen molar-refractivity contribution in [2.45, 2.75) is 43.9 Å². The second-order valence-electron chi connectivity index (χ2n) is 9.26. The third kappa shape index (κ3) is 6.11. The number of hydrogen-bond acceptors (Lipinski definition) is 8. The molecule has 4 rings (SSSR count).